The predicted octanol–water partition coefficient (Wildman–Crippen LogP) is -0.108. The second-order valence-electron chi connectivity index (χ2n) is 6.88. The highest BCUT2D eigenvalue weighted by Gasteiger charge is 2.11. The number of hydrogen-bond donors (Lipinski definition) is 2. The van der Waals surface area contributed by atoms with Crippen LogP contribution >= 0.6 is 0 Å². The summed E-state index contributed by atoms with van der Waals surface area (Å²) in [5.41, 5.74) is 0.513. The first kappa shape index (κ1) is 24.5. The van der Waals surface area contributed by atoms with Gasteiger partial charge in [-0.2, -0.15) is 0 Å². The van der Waals surface area contributed by atoms with Crippen molar-refractivity contribution in [2.45, 2.75) is 0 Å². The summed E-state index contributed by atoms with van der Waals surface area (Å²) in [6.07, 6.45) is 0.771. The first-order chi connectivity index (χ1) is 14.8. The van der Waals surface area contributed by atoms with E-state index in [0.717, 1.165) is 6.29 Å². The highest BCUT2D eigenvalue weighted by molar-refractivity contribution is 5.76. The fourth-order valence-electron chi connectivity index (χ4n) is 3.06. The van der Waals surface area contributed by atoms with Gasteiger partial charge in [-0.25, -0.2) is 0 Å². The summed E-state index contributed by atoms with van der Waals surface area (Å²) in [6.45, 7) is 6.68. The van der Waals surface area contributed by atoms with Gasteiger partial charge in [-0.15, -0.1) is 0 Å². The molecule has 0 fully saturated rings. The van der Waals surface area contributed by atoms with Crippen molar-refractivity contribution in [3.8, 4) is 11.5 Å². The molecule has 1 aromatic carbocycles. The molecule has 0 saturated carbocycles. The van der Waals surface area contributed by atoms with E-state index in [1.165, 1.54) is 0 Å². The highest BCUT2D eigenvalue weighted by Crippen LogP contribution is 2.28. The monoisotopic (exact) mass is 426 g/mol. The Morgan fingerprint density at radius 1 is 0.767 bits per heavy atom. The van der Waals surface area contributed by atoms with E-state index in [1.54, 1.807) is 18.2 Å². The highest BCUT2D eigenvalue weighted by atomic mass is 16.5. The molecule has 0 saturated heterocycles. The lowest BCUT2D eigenvalue weighted by atomic mass is 10.2. The third kappa shape index (κ3) is 9.38. The SMILES string of the molecule is O=Cc1ccc2c(c1)OCCN(CCO)CCOCCOCCN(CCO)CCO2. The van der Waals surface area contributed by atoms with Gasteiger partial charge >= 0.3 is 0 Å². The van der Waals surface area contributed by atoms with Gasteiger partial charge in [-0.3, -0.25) is 14.6 Å². The Morgan fingerprint density at radius 3 is 1.83 bits per heavy atom. The van der Waals surface area contributed by atoms with Gasteiger partial charge in [-0.05, 0) is 18.2 Å². The van der Waals surface area contributed by atoms with Crippen LogP contribution < -0.4 is 9.47 Å². The number of carbonyl (C=O) groups excluding carboxylic acids is 1. The molecule has 0 amide bonds. The molecule has 1 aliphatic rings. The van der Waals surface area contributed by atoms with Gasteiger partial charge in [0.2, 0.25) is 0 Å². The molecule has 1 aromatic rings. The molecule has 0 aliphatic carbocycles. The van der Waals surface area contributed by atoms with E-state index in [0.29, 0.717) is 96.0 Å². The summed E-state index contributed by atoms with van der Waals surface area (Å²) in [5, 5.41) is 18.6. The van der Waals surface area contributed by atoms with Crippen LogP contribution in [0.15, 0.2) is 18.2 Å². The molecule has 9 nitrogen and oxygen atoms in total. The van der Waals surface area contributed by atoms with Crippen molar-refractivity contribution in [2.24, 2.45) is 0 Å². The molecule has 170 valence electrons. The summed E-state index contributed by atoms with van der Waals surface area (Å²) < 4.78 is 23.0. The molecule has 2 N–H and O–H groups in total. The van der Waals surface area contributed by atoms with E-state index >= 15 is 0 Å². The van der Waals surface area contributed by atoms with Crippen LogP contribution in [0.1, 0.15) is 10.4 Å². The Balaban J connectivity index is 2.04. The minimum absolute atomic E-state index is 0.0580. The topological polar surface area (TPSA) is 101 Å². The summed E-state index contributed by atoms with van der Waals surface area (Å²) in [7, 11) is 0. The van der Waals surface area contributed by atoms with Crippen LogP contribution in [0.3, 0.4) is 0 Å². The largest absolute Gasteiger partial charge is 0.488 e. The van der Waals surface area contributed by atoms with Crippen molar-refractivity contribution < 1.29 is 34.0 Å². The minimum Gasteiger partial charge on any atom is -0.488 e. The lowest BCUT2D eigenvalue weighted by Crippen LogP contribution is -2.35. The van der Waals surface area contributed by atoms with Gasteiger partial charge in [-0.1, -0.05) is 0 Å². The minimum atomic E-state index is 0.0580. The fraction of sp³-hybridized carbons (Fsp3) is 0.667. The van der Waals surface area contributed by atoms with Gasteiger partial charge in [0.05, 0.1) is 39.6 Å². The van der Waals surface area contributed by atoms with Crippen LogP contribution in [0.2, 0.25) is 0 Å². The smallest absolute Gasteiger partial charge is 0.161 e. The second-order valence-corrected chi connectivity index (χ2v) is 6.88. The van der Waals surface area contributed by atoms with Crippen molar-refractivity contribution >= 4 is 6.29 Å². The van der Waals surface area contributed by atoms with Crippen molar-refractivity contribution in [1.29, 1.82) is 0 Å². The summed E-state index contributed by atoms with van der Waals surface area (Å²) >= 11 is 0. The maximum absolute atomic E-state index is 11.1. The van der Waals surface area contributed by atoms with Gasteiger partial charge in [0, 0.05) is 44.8 Å². The molecule has 0 unspecified atom stereocenters. The zero-order chi connectivity index (χ0) is 21.4. The first-order valence-electron chi connectivity index (χ1n) is 10.4. The maximum atomic E-state index is 11.1. The fourth-order valence-corrected chi connectivity index (χ4v) is 3.06. The molecular weight excluding hydrogens is 392 g/mol. The van der Waals surface area contributed by atoms with Crippen LogP contribution in [-0.4, -0.2) is 118 Å². The molecule has 0 radical (unpaired) electrons. The van der Waals surface area contributed by atoms with E-state index in [4.69, 9.17) is 18.9 Å². The van der Waals surface area contributed by atoms with Gasteiger partial charge in [0.15, 0.2) is 11.5 Å². The van der Waals surface area contributed by atoms with Crippen molar-refractivity contribution in [3.05, 3.63) is 23.8 Å². The average Bonchev–Trinajstić information content (AvgIpc) is 2.75. The number of aliphatic hydroxyl groups excluding tert-OH is 2. The Labute approximate surface area is 178 Å². The van der Waals surface area contributed by atoms with E-state index in [1.807, 2.05) is 0 Å². The lowest BCUT2D eigenvalue weighted by Gasteiger charge is -2.23. The molecular formula is C21H34N2O7. The third-order valence-electron chi connectivity index (χ3n) is 4.74. The summed E-state index contributed by atoms with van der Waals surface area (Å²) in [5.74, 6) is 1.08. The molecule has 0 aromatic heterocycles. The Morgan fingerprint density at radius 2 is 1.30 bits per heavy atom. The standard InChI is InChI=1S/C21H34N2O7/c24-9-3-22-5-11-27-15-16-28-12-6-23(4-10-25)8-14-30-21-17-19(18-26)1-2-20(21)29-13-7-22/h1-2,17-18,24-25H,3-16H2. The molecule has 2 rings (SSSR count). The van der Waals surface area contributed by atoms with Crippen LogP contribution in [0.25, 0.3) is 0 Å². The number of aldehydes is 1. The maximum Gasteiger partial charge on any atom is 0.161 e. The van der Waals surface area contributed by atoms with Crippen LogP contribution in [0.4, 0.5) is 0 Å². The molecule has 1 heterocycles. The van der Waals surface area contributed by atoms with Crippen LogP contribution in [0.5, 0.6) is 11.5 Å². The van der Waals surface area contributed by atoms with Crippen molar-refractivity contribution in [1.82, 2.24) is 9.80 Å². The van der Waals surface area contributed by atoms with Crippen LogP contribution in [0, 0.1) is 0 Å². The second kappa shape index (κ2) is 15.1. The molecule has 9 heteroatoms. The van der Waals surface area contributed by atoms with Crippen molar-refractivity contribution in [3.63, 3.8) is 0 Å². The van der Waals surface area contributed by atoms with E-state index < -0.39 is 0 Å². The molecule has 1 aliphatic heterocycles. The number of β-amino-alcohol motifs (C(OH)–C–C–N with tert-alkyl or cyclic N) is 2. The van der Waals surface area contributed by atoms with E-state index in [-0.39, 0.29) is 13.2 Å². The number of benzene rings is 1. The number of fused-ring (bicyclic) bond motifs is 1. The summed E-state index contributed by atoms with van der Waals surface area (Å²) in [4.78, 5) is 15.3. The molecule has 30 heavy (non-hydrogen) atoms. The first-order valence-corrected chi connectivity index (χ1v) is 10.4. The van der Waals surface area contributed by atoms with Gasteiger partial charge in [0.25, 0.3) is 0 Å². The van der Waals surface area contributed by atoms with Crippen LogP contribution in [-0.2, 0) is 9.47 Å². The Kier molecular flexibility index (Phi) is 12.4. The third-order valence-corrected chi connectivity index (χ3v) is 4.74. The molecule has 0 bridgehead atoms. The van der Waals surface area contributed by atoms with Gasteiger partial charge in [0.1, 0.15) is 19.5 Å². The summed E-state index contributed by atoms with van der Waals surface area (Å²) in [6, 6.07) is 5.09. The molecule has 0 spiro atoms. The number of hydrogen-bond acceptors (Lipinski definition) is 9. The van der Waals surface area contributed by atoms with E-state index in [9.17, 15) is 15.0 Å². The molecule has 0 atom stereocenters. The quantitative estimate of drug-likeness (QED) is 0.625. The zero-order valence-electron chi connectivity index (χ0n) is 17.5. The van der Waals surface area contributed by atoms with E-state index in [2.05, 4.69) is 9.80 Å². The number of rotatable bonds is 5. The average molecular weight is 427 g/mol. The Hall–Kier alpha value is -1.75. The number of aliphatic hydroxyl groups is 2. The Bertz CT molecular complexity index is 603. The van der Waals surface area contributed by atoms with Crippen molar-refractivity contribution in [2.75, 3.05) is 92.1 Å². The predicted molar refractivity (Wildman–Crippen MR) is 112 cm³/mol. The van der Waals surface area contributed by atoms with Gasteiger partial charge < -0.3 is 29.2 Å². The number of ether oxygens (including phenoxy) is 4. The number of carbonyl (C=O) groups is 1. The lowest BCUT2D eigenvalue weighted by molar-refractivity contribution is 0.0257. The zero-order valence-corrected chi connectivity index (χ0v) is 17.5. The number of nitrogens with zero attached hydrogens (tertiary/aromatic N) is 2. The normalized spacial score (nSPS) is 19.0.